The molecule has 5 heteroatoms. The lowest BCUT2D eigenvalue weighted by atomic mass is 9.81. The minimum atomic E-state index is -0.418. The van der Waals surface area contributed by atoms with Crippen molar-refractivity contribution in [1.82, 2.24) is 0 Å². The Hall–Kier alpha value is -2.59. The number of amides is 1. The third-order valence-corrected chi connectivity index (χ3v) is 4.73. The van der Waals surface area contributed by atoms with Crippen LogP contribution in [0.1, 0.15) is 19.4 Å². The summed E-state index contributed by atoms with van der Waals surface area (Å²) >= 11 is 0. The molecule has 1 aliphatic heterocycles. The van der Waals surface area contributed by atoms with Gasteiger partial charge in [-0.2, -0.15) is 4.58 Å². The number of hydrogen-bond donors (Lipinski definition) is 0. The summed E-state index contributed by atoms with van der Waals surface area (Å²) in [5, 5.41) is 0. The summed E-state index contributed by atoms with van der Waals surface area (Å²) in [6, 6.07) is 17.8. The summed E-state index contributed by atoms with van der Waals surface area (Å²) in [7, 11) is 3.44. The number of ether oxygens (including phenoxy) is 1. The lowest BCUT2D eigenvalue weighted by Crippen LogP contribution is -3.00. The van der Waals surface area contributed by atoms with E-state index in [2.05, 4.69) is 43.7 Å². The van der Waals surface area contributed by atoms with Gasteiger partial charge in [0.25, 0.3) is 0 Å². The first-order valence-electron chi connectivity index (χ1n) is 8.28. The van der Waals surface area contributed by atoms with Crippen LogP contribution in [0.25, 0.3) is 0 Å². The van der Waals surface area contributed by atoms with Gasteiger partial charge in [0.2, 0.25) is 5.69 Å². The van der Waals surface area contributed by atoms with Crippen LogP contribution in [0.2, 0.25) is 0 Å². The third-order valence-electron chi connectivity index (χ3n) is 4.73. The van der Waals surface area contributed by atoms with Crippen molar-refractivity contribution in [2.45, 2.75) is 19.3 Å². The number of nitrogens with zero attached hydrogens (tertiary/aromatic N) is 2. The Kier molecular flexibility index (Phi) is 5.88. The van der Waals surface area contributed by atoms with E-state index in [0.717, 1.165) is 11.4 Å². The first kappa shape index (κ1) is 19.7. The predicted molar refractivity (Wildman–Crippen MR) is 101 cm³/mol. The summed E-state index contributed by atoms with van der Waals surface area (Å²) < 4.78 is 7.11. The van der Waals surface area contributed by atoms with Crippen LogP contribution in [0.4, 0.5) is 16.2 Å². The van der Waals surface area contributed by atoms with Gasteiger partial charge in [-0.25, -0.2) is 4.79 Å². The molecule has 0 fully saturated rings. The average molecular weight is 371 g/mol. The van der Waals surface area contributed by atoms with E-state index in [4.69, 9.17) is 4.74 Å². The fourth-order valence-electron chi connectivity index (χ4n) is 3.39. The quantitative estimate of drug-likeness (QED) is 0.767. The molecule has 0 radical (unpaired) electrons. The fraction of sp³-hybridized carbons (Fsp3) is 0.238. The van der Waals surface area contributed by atoms with E-state index in [1.807, 2.05) is 42.5 Å². The number of halogens is 1. The molecule has 0 spiro atoms. The molecule has 136 valence electrons. The number of carbonyl (C=O) groups is 1. The van der Waals surface area contributed by atoms with Crippen molar-refractivity contribution < 1.29 is 26.5 Å². The van der Waals surface area contributed by atoms with E-state index in [1.165, 1.54) is 23.3 Å². The van der Waals surface area contributed by atoms with Crippen LogP contribution in [0, 0.1) is 0 Å². The number of hydrogen-bond acceptors (Lipinski definition) is 2. The minimum Gasteiger partial charge on any atom is -1.00 e. The van der Waals surface area contributed by atoms with Crippen molar-refractivity contribution in [1.29, 1.82) is 0 Å². The molecule has 0 N–H and O–H groups in total. The van der Waals surface area contributed by atoms with Gasteiger partial charge in [-0.15, -0.1) is 0 Å². The maximum Gasteiger partial charge on any atom is 0.418 e. The Morgan fingerprint density at radius 1 is 1.08 bits per heavy atom. The van der Waals surface area contributed by atoms with Crippen molar-refractivity contribution in [2.24, 2.45) is 0 Å². The smallest absolute Gasteiger partial charge is 0.418 e. The number of allylic oxidation sites excluding steroid dienone is 1. The highest BCUT2D eigenvalue weighted by Crippen LogP contribution is 2.39. The molecule has 3 rings (SSSR count). The van der Waals surface area contributed by atoms with Crippen molar-refractivity contribution in [3.8, 4) is 0 Å². The van der Waals surface area contributed by atoms with Crippen LogP contribution in [0.5, 0.6) is 0 Å². The maximum absolute atomic E-state index is 12.2. The molecule has 1 heterocycles. The van der Waals surface area contributed by atoms with Gasteiger partial charge in [0, 0.05) is 23.9 Å². The molecule has 1 amide bonds. The second-order valence-corrected chi connectivity index (χ2v) is 6.58. The molecule has 0 saturated carbocycles. The number of fused-ring (bicyclic) bond motifs is 1. The first-order chi connectivity index (χ1) is 12.0. The lowest BCUT2D eigenvalue weighted by Gasteiger charge is -2.18. The number of methoxy groups -OCH3 is 1. The molecule has 1 aliphatic rings. The molecule has 2 aromatic carbocycles. The molecule has 0 bridgehead atoms. The fourth-order valence-corrected chi connectivity index (χ4v) is 3.39. The highest BCUT2D eigenvalue weighted by molar-refractivity contribution is 6.04. The van der Waals surface area contributed by atoms with Crippen LogP contribution in [-0.4, -0.2) is 30.5 Å². The molecule has 0 unspecified atom stereocenters. The summed E-state index contributed by atoms with van der Waals surface area (Å²) in [4.78, 5) is 13.7. The standard InChI is InChI=1S/C21H23N2O2.ClH/c1-21(2)17-12-8-9-13-18(17)22(3)19(21)14-15-23(20(24)25-4)16-10-6-5-7-11-16;/h5-15H,1-4H3;1H/q+1;/p-1. The molecule has 0 aromatic heterocycles. The molecular formula is C21H23ClN2O2. The number of anilines is 1. The first-order valence-corrected chi connectivity index (χ1v) is 8.28. The zero-order valence-corrected chi connectivity index (χ0v) is 16.2. The van der Waals surface area contributed by atoms with Crippen molar-refractivity contribution >= 4 is 23.2 Å². The molecule has 26 heavy (non-hydrogen) atoms. The molecule has 0 aliphatic carbocycles. The summed E-state index contributed by atoms with van der Waals surface area (Å²) in [6.45, 7) is 4.39. The highest BCUT2D eigenvalue weighted by atomic mass is 35.5. The van der Waals surface area contributed by atoms with Gasteiger partial charge in [-0.05, 0) is 26.0 Å². The van der Waals surface area contributed by atoms with Crippen LogP contribution >= 0.6 is 0 Å². The van der Waals surface area contributed by atoms with E-state index in [0.29, 0.717) is 0 Å². The van der Waals surface area contributed by atoms with Crippen LogP contribution in [0.3, 0.4) is 0 Å². The largest absolute Gasteiger partial charge is 1.00 e. The van der Waals surface area contributed by atoms with E-state index in [1.54, 1.807) is 6.20 Å². The minimum absolute atomic E-state index is 0. The number of carbonyl (C=O) groups excluding carboxylic acids is 1. The van der Waals surface area contributed by atoms with Gasteiger partial charge in [0.05, 0.1) is 18.2 Å². The van der Waals surface area contributed by atoms with Crippen LogP contribution < -0.4 is 17.3 Å². The van der Waals surface area contributed by atoms with Gasteiger partial charge >= 0.3 is 6.09 Å². The van der Waals surface area contributed by atoms with Gasteiger partial charge in [0.1, 0.15) is 7.05 Å². The average Bonchev–Trinajstić information content (AvgIpc) is 2.83. The van der Waals surface area contributed by atoms with E-state index in [-0.39, 0.29) is 17.8 Å². The second-order valence-electron chi connectivity index (χ2n) is 6.58. The van der Waals surface area contributed by atoms with Crippen molar-refractivity contribution in [3.05, 3.63) is 72.4 Å². The topological polar surface area (TPSA) is 32.5 Å². The summed E-state index contributed by atoms with van der Waals surface area (Å²) in [5.74, 6) is 0. The SMILES string of the molecule is COC(=O)N(/C=C/C1=[N+](C)c2ccccc2C1(C)C)c1ccccc1.[Cl-]. The summed E-state index contributed by atoms with van der Waals surface area (Å²) in [5.41, 5.74) is 4.22. The monoisotopic (exact) mass is 370 g/mol. The van der Waals surface area contributed by atoms with Crippen LogP contribution in [0.15, 0.2) is 66.9 Å². The van der Waals surface area contributed by atoms with Crippen LogP contribution in [-0.2, 0) is 10.2 Å². The Labute approximate surface area is 160 Å². The van der Waals surface area contributed by atoms with Crippen molar-refractivity contribution in [3.63, 3.8) is 0 Å². The predicted octanol–water partition coefficient (Wildman–Crippen LogP) is 1.48. The van der Waals surface area contributed by atoms with Gasteiger partial charge < -0.3 is 17.1 Å². The number of para-hydroxylation sites is 2. The normalized spacial score (nSPS) is 14.8. The lowest BCUT2D eigenvalue weighted by molar-refractivity contribution is -0.401. The molecular weight excluding hydrogens is 348 g/mol. The third kappa shape index (κ3) is 3.37. The van der Waals surface area contributed by atoms with E-state index >= 15 is 0 Å². The second kappa shape index (κ2) is 7.75. The Morgan fingerprint density at radius 2 is 1.69 bits per heavy atom. The molecule has 0 atom stereocenters. The summed E-state index contributed by atoms with van der Waals surface area (Å²) in [6.07, 6.45) is 3.35. The molecule has 4 nitrogen and oxygen atoms in total. The maximum atomic E-state index is 12.2. The van der Waals surface area contributed by atoms with Gasteiger partial charge in [0.15, 0.2) is 5.71 Å². The van der Waals surface area contributed by atoms with Gasteiger partial charge in [-0.1, -0.05) is 36.4 Å². The molecule has 2 aromatic rings. The van der Waals surface area contributed by atoms with Gasteiger partial charge in [-0.3, -0.25) is 4.90 Å². The Bertz CT molecular complexity index is 857. The number of benzene rings is 2. The Morgan fingerprint density at radius 3 is 2.31 bits per heavy atom. The van der Waals surface area contributed by atoms with E-state index < -0.39 is 6.09 Å². The zero-order valence-electron chi connectivity index (χ0n) is 15.4. The molecule has 0 saturated heterocycles. The number of rotatable bonds is 3. The van der Waals surface area contributed by atoms with Crippen molar-refractivity contribution in [2.75, 3.05) is 19.1 Å². The Balaban J connectivity index is 0.00000243. The van der Waals surface area contributed by atoms with E-state index in [9.17, 15) is 4.79 Å². The zero-order chi connectivity index (χ0) is 18.0. The highest BCUT2D eigenvalue weighted by Gasteiger charge is 2.42.